The largest absolute Gasteiger partial charge is 0.336 e. The molecule has 1 aliphatic heterocycles. The number of hydrogen-bond acceptors (Lipinski definition) is 4. The lowest BCUT2D eigenvalue weighted by Gasteiger charge is -2.34. The van der Waals surface area contributed by atoms with Gasteiger partial charge in [0.2, 0.25) is 15.9 Å². The molecule has 28 heavy (non-hydrogen) atoms. The molecular formula is C20H23N3O4S. The van der Waals surface area contributed by atoms with Gasteiger partial charge in [0.05, 0.1) is 5.75 Å². The molecule has 0 spiro atoms. The number of piperazine rings is 1. The average molecular weight is 401 g/mol. The van der Waals surface area contributed by atoms with Gasteiger partial charge >= 0.3 is 0 Å². The quantitative estimate of drug-likeness (QED) is 0.829. The third-order valence-corrected chi connectivity index (χ3v) is 6.41. The molecule has 0 bridgehead atoms. The highest BCUT2D eigenvalue weighted by molar-refractivity contribution is 7.88. The second-order valence-corrected chi connectivity index (χ2v) is 8.66. The zero-order chi connectivity index (χ0) is 20.1. The molecule has 0 unspecified atom stereocenters. The second-order valence-electron chi connectivity index (χ2n) is 6.69. The van der Waals surface area contributed by atoms with Crippen molar-refractivity contribution in [1.29, 1.82) is 0 Å². The van der Waals surface area contributed by atoms with Crippen LogP contribution in [-0.2, 0) is 20.6 Å². The highest BCUT2D eigenvalue weighted by atomic mass is 32.2. The molecule has 2 aromatic rings. The minimum absolute atomic E-state index is 0.0353. The van der Waals surface area contributed by atoms with E-state index >= 15 is 0 Å². The van der Waals surface area contributed by atoms with Gasteiger partial charge in [-0.25, -0.2) is 8.42 Å². The Labute approximate surface area is 165 Å². The Morgan fingerprint density at radius 1 is 0.929 bits per heavy atom. The number of sulfonamides is 1. The Hall–Kier alpha value is -2.71. The van der Waals surface area contributed by atoms with Gasteiger partial charge in [0.1, 0.15) is 0 Å². The van der Waals surface area contributed by atoms with Crippen LogP contribution >= 0.6 is 0 Å². The van der Waals surface area contributed by atoms with Crippen LogP contribution in [0.25, 0.3) is 0 Å². The van der Waals surface area contributed by atoms with E-state index in [9.17, 15) is 18.0 Å². The van der Waals surface area contributed by atoms with Crippen molar-refractivity contribution >= 4 is 27.5 Å². The van der Waals surface area contributed by atoms with Crippen molar-refractivity contribution in [3.63, 3.8) is 0 Å². The van der Waals surface area contributed by atoms with Crippen LogP contribution in [0.3, 0.4) is 0 Å². The van der Waals surface area contributed by atoms with Gasteiger partial charge in [-0.05, 0) is 29.8 Å². The molecule has 1 heterocycles. The predicted octanol–water partition coefficient (Wildman–Crippen LogP) is 1.93. The van der Waals surface area contributed by atoms with Crippen molar-refractivity contribution in [1.82, 2.24) is 9.21 Å². The standard InChI is InChI=1S/C20H23N3O4S/c1-16(24)21-19-9-7-18(8-10-19)20(25)22-11-13-23(14-12-22)28(26,27)15-17-5-3-2-4-6-17/h2-10H,11-15H2,1H3,(H,21,24). The van der Waals surface area contributed by atoms with Gasteiger partial charge in [-0.3, -0.25) is 9.59 Å². The summed E-state index contributed by atoms with van der Waals surface area (Å²) in [4.78, 5) is 25.4. The molecule has 0 radical (unpaired) electrons. The van der Waals surface area contributed by atoms with E-state index in [-0.39, 0.29) is 30.7 Å². The van der Waals surface area contributed by atoms with Gasteiger partial charge in [-0.1, -0.05) is 30.3 Å². The van der Waals surface area contributed by atoms with Crippen molar-refractivity contribution in [2.75, 3.05) is 31.5 Å². The molecule has 3 rings (SSSR count). The molecule has 148 valence electrons. The topological polar surface area (TPSA) is 86.8 Å². The first-order valence-corrected chi connectivity index (χ1v) is 10.6. The Balaban J connectivity index is 1.58. The monoisotopic (exact) mass is 401 g/mol. The van der Waals surface area contributed by atoms with Gasteiger partial charge in [-0.2, -0.15) is 4.31 Å². The van der Waals surface area contributed by atoms with E-state index in [1.54, 1.807) is 41.3 Å². The maximum Gasteiger partial charge on any atom is 0.253 e. The Kier molecular flexibility index (Phi) is 6.11. The van der Waals surface area contributed by atoms with Crippen LogP contribution in [0.4, 0.5) is 5.69 Å². The molecule has 0 aliphatic carbocycles. The van der Waals surface area contributed by atoms with Crippen LogP contribution in [0.2, 0.25) is 0 Å². The lowest BCUT2D eigenvalue weighted by atomic mass is 10.1. The predicted molar refractivity (Wildman–Crippen MR) is 107 cm³/mol. The van der Waals surface area contributed by atoms with E-state index in [0.717, 1.165) is 5.56 Å². The number of carbonyl (C=O) groups excluding carboxylic acids is 2. The van der Waals surface area contributed by atoms with Crippen molar-refractivity contribution in [3.05, 3.63) is 65.7 Å². The number of nitrogens with one attached hydrogen (secondary N) is 1. The SMILES string of the molecule is CC(=O)Nc1ccc(C(=O)N2CCN(S(=O)(=O)Cc3ccccc3)CC2)cc1. The number of anilines is 1. The summed E-state index contributed by atoms with van der Waals surface area (Å²) in [6.45, 7) is 2.68. The summed E-state index contributed by atoms with van der Waals surface area (Å²) in [5.74, 6) is -0.353. The van der Waals surface area contributed by atoms with E-state index in [1.165, 1.54) is 11.2 Å². The highest BCUT2D eigenvalue weighted by Crippen LogP contribution is 2.16. The van der Waals surface area contributed by atoms with Crippen molar-refractivity contribution in [2.45, 2.75) is 12.7 Å². The first-order chi connectivity index (χ1) is 13.3. The highest BCUT2D eigenvalue weighted by Gasteiger charge is 2.29. The van der Waals surface area contributed by atoms with Gasteiger partial charge < -0.3 is 10.2 Å². The van der Waals surface area contributed by atoms with E-state index in [4.69, 9.17) is 0 Å². The normalized spacial score (nSPS) is 15.2. The zero-order valence-electron chi connectivity index (χ0n) is 15.7. The van der Waals surface area contributed by atoms with Crippen LogP contribution in [0, 0.1) is 0 Å². The molecule has 2 aromatic carbocycles. The molecule has 1 N–H and O–H groups in total. The molecule has 2 amide bonds. The summed E-state index contributed by atoms with van der Waals surface area (Å²) in [6.07, 6.45) is 0. The smallest absolute Gasteiger partial charge is 0.253 e. The average Bonchev–Trinajstić information content (AvgIpc) is 2.68. The first-order valence-electron chi connectivity index (χ1n) is 9.04. The fourth-order valence-electron chi connectivity index (χ4n) is 3.13. The molecule has 1 fully saturated rings. The minimum atomic E-state index is -3.41. The maximum absolute atomic E-state index is 12.7. The molecule has 0 saturated carbocycles. The van der Waals surface area contributed by atoms with Crippen molar-refractivity contribution < 1.29 is 18.0 Å². The summed E-state index contributed by atoms with van der Waals surface area (Å²) < 4.78 is 26.7. The molecule has 0 atom stereocenters. The molecule has 1 saturated heterocycles. The van der Waals surface area contributed by atoms with Gasteiger partial charge in [0, 0.05) is 44.4 Å². The van der Waals surface area contributed by atoms with E-state index in [1.807, 2.05) is 18.2 Å². The van der Waals surface area contributed by atoms with Gasteiger partial charge in [-0.15, -0.1) is 0 Å². The maximum atomic E-state index is 12.7. The molecule has 0 aromatic heterocycles. The number of nitrogens with zero attached hydrogens (tertiary/aromatic N) is 2. The summed E-state index contributed by atoms with van der Waals surface area (Å²) in [7, 11) is -3.41. The van der Waals surface area contributed by atoms with Crippen LogP contribution in [0.1, 0.15) is 22.8 Å². The van der Waals surface area contributed by atoms with Crippen molar-refractivity contribution in [2.24, 2.45) is 0 Å². The Morgan fingerprint density at radius 2 is 1.54 bits per heavy atom. The molecular weight excluding hydrogens is 378 g/mol. The summed E-state index contributed by atoms with van der Waals surface area (Å²) >= 11 is 0. The number of benzene rings is 2. The summed E-state index contributed by atoms with van der Waals surface area (Å²) in [5.41, 5.74) is 1.89. The number of rotatable bonds is 5. The lowest BCUT2D eigenvalue weighted by molar-refractivity contribution is -0.114. The fourth-order valence-corrected chi connectivity index (χ4v) is 4.64. The summed E-state index contributed by atoms with van der Waals surface area (Å²) in [6, 6.07) is 15.7. The van der Waals surface area contributed by atoms with Gasteiger partial charge in [0.25, 0.3) is 5.91 Å². The third-order valence-electron chi connectivity index (χ3n) is 4.56. The minimum Gasteiger partial charge on any atom is -0.336 e. The Morgan fingerprint density at radius 3 is 2.11 bits per heavy atom. The molecule has 8 heteroatoms. The fraction of sp³-hybridized carbons (Fsp3) is 0.300. The van der Waals surface area contributed by atoms with Crippen LogP contribution in [0.5, 0.6) is 0 Å². The molecule has 7 nitrogen and oxygen atoms in total. The second kappa shape index (κ2) is 8.53. The number of carbonyl (C=O) groups is 2. The zero-order valence-corrected chi connectivity index (χ0v) is 16.5. The van der Waals surface area contributed by atoms with E-state index < -0.39 is 10.0 Å². The van der Waals surface area contributed by atoms with Crippen LogP contribution in [-0.4, -0.2) is 55.6 Å². The van der Waals surface area contributed by atoms with Crippen LogP contribution < -0.4 is 5.32 Å². The van der Waals surface area contributed by atoms with Crippen LogP contribution in [0.15, 0.2) is 54.6 Å². The van der Waals surface area contributed by atoms with Crippen molar-refractivity contribution in [3.8, 4) is 0 Å². The first kappa shape index (κ1) is 20.0. The molecule has 1 aliphatic rings. The lowest BCUT2D eigenvalue weighted by Crippen LogP contribution is -2.50. The Bertz CT molecular complexity index is 935. The number of hydrogen-bond donors (Lipinski definition) is 1. The van der Waals surface area contributed by atoms with E-state index in [2.05, 4.69) is 5.32 Å². The van der Waals surface area contributed by atoms with E-state index in [0.29, 0.717) is 24.3 Å². The summed E-state index contributed by atoms with van der Waals surface area (Å²) in [5, 5.41) is 2.66. The van der Waals surface area contributed by atoms with Gasteiger partial charge in [0.15, 0.2) is 0 Å². The number of amides is 2. The third kappa shape index (κ3) is 4.96.